The molecular weight excluding hydrogens is 178 g/mol. The van der Waals surface area contributed by atoms with Crippen LogP contribution in [0.2, 0.25) is 5.02 Å². The predicted octanol–water partition coefficient (Wildman–Crippen LogP) is 3.65. The lowest BCUT2D eigenvalue weighted by atomic mass is 10.4. The highest BCUT2D eigenvalue weighted by molar-refractivity contribution is 7.12. The van der Waals surface area contributed by atoms with Crippen molar-refractivity contribution in [1.82, 2.24) is 0 Å². The van der Waals surface area contributed by atoms with Gasteiger partial charge in [0.1, 0.15) is 0 Å². The van der Waals surface area contributed by atoms with E-state index in [-0.39, 0.29) is 9.90 Å². The molecule has 0 unspecified atom stereocenters. The molecule has 0 amide bonds. The van der Waals surface area contributed by atoms with E-state index in [4.69, 9.17) is 11.6 Å². The van der Waals surface area contributed by atoms with Crippen LogP contribution in [0.3, 0.4) is 0 Å². The van der Waals surface area contributed by atoms with E-state index in [1.54, 1.807) is 13.0 Å². The molecule has 1 heterocycles. The van der Waals surface area contributed by atoms with Crippen molar-refractivity contribution in [3.8, 4) is 0 Å². The molecule has 1 aromatic rings. The lowest BCUT2D eigenvalue weighted by Gasteiger charge is -1.91. The largest absolute Gasteiger partial charge is 0.274 e. The fourth-order valence-corrected chi connectivity index (χ4v) is 1.85. The molecule has 0 atom stereocenters. The highest BCUT2D eigenvalue weighted by atomic mass is 35.5. The number of hydrogen-bond donors (Lipinski definition) is 0. The molecule has 0 radical (unpaired) electrons. The third-order valence-corrected chi connectivity index (χ3v) is 2.52. The Morgan fingerprint density at radius 3 is 2.40 bits per heavy atom. The summed E-state index contributed by atoms with van der Waals surface area (Å²) < 4.78 is 23.9. The number of thiophene rings is 1. The van der Waals surface area contributed by atoms with E-state index in [0.717, 1.165) is 16.2 Å². The molecule has 0 aromatic carbocycles. The topological polar surface area (TPSA) is 0 Å². The average molecular weight is 183 g/mol. The fourth-order valence-electron chi connectivity index (χ4n) is 0.650. The lowest BCUT2D eigenvalue weighted by molar-refractivity contribution is 0.156. The second-order valence-electron chi connectivity index (χ2n) is 1.87. The minimum absolute atomic E-state index is 0.0285. The van der Waals surface area contributed by atoms with Gasteiger partial charge < -0.3 is 0 Å². The van der Waals surface area contributed by atoms with Crippen molar-refractivity contribution in [2.24, 2.45) is 0 Å². The van der Waals surface area contributed by atoms with Crippen LogP contribution in [-0.4, -0.2) is 0 Å². The van der Waals surface area contributed by atoms with Gasteiger partial charge in [0.2, 0.25) is 0 Å². The number of alkyl halides is 2. The van der Waals surface area contributed by atoms with Gasteiger partial charge in [0.25, 0.3) is 6.43 Å². The third-order valence-electron chi connectivity index (χ3n) is 1.03. The van der Waals surface area contributed by atoms with Crippen LogP contribution in [-0.2, 0) is 0 Å². The van der Waals surface area contributed by atoms with Gasteiger partial charge in [0.05, 0.1) is 9.90 Å². The molecule has 0 aliphatic heterocycles. The maximum Gasteiger partial charge on any atom is 0.274 e. The van der Waals surface area contributed by atoms with Crippen molar-refractivity contribution in [2.75, 3.05) is 0 Å². The Bertz CT molecular complexity index is 232. The van der Waals surface area contributed by atoms with Crippen molar-refractivity contribution < 1.29 is 8.78 Å². The summed E-state index contributed by atoms with van der Waals surface area (Å²) in [4.78, 5) is 0.791. The summed E-state index contributed by atoms with van der Waals surface area (Å²) in [5.74, 6) is 0. The molecule has 0 saturated carbocycles. The summed E-state index contributed by atoms with van der Waals surface area (Å²) in [6.07, 6.45) is -2.44. The first-order valence-electron chi connectivity index (χ1n) is 2.65. The summed E-state index contributed by atoms with van der Waals surface area (Å²) in [7, 11) is 0. The molecular formula is C6H5ClF2S. The van der Waals surface area contributed by atoms with Crippen LogP contribution in [0, 0.1) is 6.92 Å². The molecule has 10 heavy (non-hydrogen) atoms. The molecule has 4 heteroatoms. The van der Waals surface area contributed by atoms with E-state index in [1.807, 2.05) is 0 Å². The van der Waals surface area contributed by atoms with Crippen molar-refractivity contribution in [1.29, 1.82) is 0 Å². The maximum absolute atomic E-state index is 12.0. The number of rotatable bonds is 1. The SMILES string of the molecule is Cc1cc(Cl)c(C(F)F)s1. The van der Waals surface area contributed by atoms with Crippen LogP contribution in [0.15, 0.2) is 6.07 Å². The van der Waals surface area contributed by atoms with Crippen molar-refractivity contribution in [2.45, 2.75) is 13.3 Å². The van der Waals surface area contributed by atoms with Gasteiger partial charge in [0.15, 0.2) is 0 Å². The quantitative estimate of drug-likeness (QED) is 0.622. The van der Waals surface area contributed by atoms with Gasteiger partial charge in [-0.05, 0) is 13.0 Å². The van der Waals surface area contributed by atoms with Crippen LogP contribution in [0.25, 0.3) is 0 Å². The van der Waals surface area contributed by atoms with Crippen LogP contribution < -0.4 is 0 Å². The summed E-state index contributed by atoms with van der Waals surface area (Å²) in [6.45, 7) is 1.75. The molecule has 56 valence electrons. The van der Waals surface area contributed by atoms with Gasteiger partial charge >= 0.3 is 0 Å². The third kappa shape index (κ3) is 1.47. The van der Waals surface area contributed by atoms with Gasteiger partial charge in [-0.15, -0.1) is 11.3 Å². The maximum atomic E-state index is 12.0. The second-order valence-corrected chi connectivity index (χ2v) is 3.57. The lowest BCUT2D eigenvalue weighted by Crippen LogP contribution is -1.75. The molecule has 0 aliphatic carbocycles. The highest BCUT2D eigenvalue weighted by Crippen LogP contribution is 2.34. The smallest absolute Gasteiger partial charge is 0.204 e. The minimum atomic E-state index is -2.44. The van der Waals surface area contributed by atoms with E-state index in [2.05, 4.69) is 0 Å². The van der Waals surface area contributed by atoms with E-state index < -0.39 is 6.43 Å². The molecule has 0 aliphatic rings. The Balaban J connectivity index is 3.03. The fraction of sp³-hybridized carbons (Fsp3) is 0.333. The van der Waals surface area contributed by atoms with E-state index >= 15 is 0 Å². The van der Waals surface area contributed by atoms with Crippen molar-refractivity contribution in [3.63, 3.8) is 0 Å². The van der Waals surface area contributed by atoms with Crippen molar-refractivity contribution in [3.05, 3.63) is 20.8 Å². The van der Waals surface area contributed by atoms with E-state index in [0.29, 0.717) is 0 Å². The zero-order valence-corrected chi connectivity index (χ0v) is 6.77. The summed E-state index contributed by atoms with van der Waals surface area (Å²) in [5.41, 5.74) is 0. The molecule has 0 nitrogen and oxygen atoms in total. The molecule has 1 aromatic heterocycles. The zero-order chi connectivity index (χ0) is 7.72. The normalized spacial score (nSPS) is 10.9. The Hall–Kier alpha value is -0.150. The van der Waals surface area contributed by atoms with Gasteiger partial charge in [-0.1, -0.05) is 11.6 Å². The Labute approximate surface area is 66.4 Å². The number of aryl methyl sites for hydroxylation is 1. The van der Waals surface area contributed by atoms with Crippen LogP contribution in [0.5, 0.6) is 0 Å². The van der Waals surface area contributed by atoms with Gasteiger partial charge in [-0.2, -0.15) is 0 Å². The molecule has 0 saturated heterocycles. The first kappa shape index (κ1) is 7.95. The predicted molar refractivity (Wildman–Crippen MR) is 39.0 cm³/mol. The van der Waals surface area contributed by atoms with E-state index in [9.17, 15) is 8.78 Å². The van der Waals surface area contributed by atoms with Crippen LogP contribution >= 0.6 is 22.9 Å². The van der Waals surface area contributed by atoms with Crippen molar-refractivity contribution >= 4 is 22.9 Å². The van der Waals surface area contributed by atoms with E-state index in [1.165, 1.54) is 0 Å². The molecule has 0 fully saturated rings. The Morgan fingerprint density at radius 1 is 1.60 bits per heavy atom. The summed E-state index contributed by atoms with van der Waals surface area (Å²) in [5, 5.41) is 0.178. The Morgan fingerprint density at radius 2 is 2.20 bits per heavy atom. The van der Waals surface area contributed by atoms with Gasteiger partial charge in [-0.3, -0.25) is 0 Å². The molecule has 0 bridgehead atoms. The molecule has 0 N–H and O–H groups in total. The van der Waals surface area contributed by atoms with Gasteiger partial charge in [-0.25, -0.2) is 8.78 Å². The summed E-state index contributed by atoms with van der Waals surface area (Å²) >= 11 is 6.51. The highest BCUT2D eigenvalue weighted by Gasteiger charge is 2.14. The minimum Gasteiger partial charge on any atom is -0.204 e. The number of hydrogen-bond acceptors (Lipinski definition) is 1. The monoisotopic (exact) mass is 182 g/mol. The molecule has 0 spiro atoms. The standard InChI is InChI=1S/C6H5ClF2S/c1-3-2-4(7)5(10-3)6(8)9/h2,6H,1H3. The number of halogens is 3. The zero-order valence-electron chi connectivity index (χ0n) is 5.20. The Kier molecular flexibility index (Phi) is 2.26. The second kappa shape index (κ2) is 2.84. The molecule has 1 rings (SSSR count). The van der Waals surface area contributed by atoms with Crippen LogP contribution in [0.1, 0.15) is 16.2 Å². The van der Waals surface area contributed by atoms with Crippen LogP contribution in [0.4, 0.5) is 8.78 Å². The first-order chi connectivity index (χ1) is 4.61. The summed E-state index contributed by atoms with van der Waals surface area (Å²) in [6, 6.07) is 1.55. The first-order valence-corrected chi connectivity index (χ1v) is 3.84. The van der Waals surface area contributed by atoms with Gasteiger partial charge in [0, 0.05) is 4.88 Å². The average Bonchev–Trinajstić information content (AvgIpc) is 2.10.